The van der Waals surface area contributed by atoms with Gasteiger partial charge in [-0.3, -0.25) is 4.79 Å². The average Bonchev–Trinajstić information content (AvgIpc) is 2.84. The van der Waals surface area contributed by atoms with Crippen LogP contribution in [0.15, 0.2) is 0 Å². The van der Waals surface area contributed by atoms with Gasteiger partial charge in [0.05, 0.1) is 0 Å². The quantitative estimate of drug-likeness (QED) is 0.729. The normalized spacial score (nSPS) is 16.9. The van der Waals surface area contributed by atoms with Gasteiger partial charge < -0.3 is 19.9 Å². The zero-order valence-electron chi connectivity index (χ0n) is 13.4. The first kappa shape index (κ1) is 18.3. The van der Waals surface area contributed by atoms with Gasteiger partial charge in [-0.25, -0.2) is 9.59 Å². The summed E-state index contributed by atoms with van der Waals surface area (Å²) in [6.45, 7) is 5.05. The summed E-state index contributed by atoms with van der Waals surface area (Å²) in [7, 11) is 0. The zero-order valence-corrected chi connectivity index (χ0v) is 13.4. The molecule has 22 heavy (non-hydrogen) atoms. The Balaban J connectivity index is 2.38. The predicted octanol–water partition coefficient (Wildman–Crippen LogP) is 2.23. The first-order chi connectivity index (χ1) is 10.2. The summed E-state index contributed by atoms with van der Waals surface area (Å²) in [4.78, 5) is 34.4. The molecule has 1 aliphatic rings. The molecule has 1 amide bonds. The maximum atomic E-state index is 11.7. The molecule has 0 radical (unpaired) electrons. The van der Waals surface area contributed by atoms with Crippen LogP contribution in [0.25, 0.3) is 0 Å². The van der Waals surface area contributed by atoms with E-state index in [1.807, 2.05) is 0 Å². The molecule has 0 aromatic carbocycles. The van der Waals surface area contributed by atoms with Gasteiger partial charge in [0, 0.05) is 6.42 Å². The molecule has 1 atom stereocenters. The van der Waals surface area contributed by atoms with Crippen molar-refractivity contribution in [2.45, 2.75) is 77.0 Å². The Morgan fingerprint density at radius 1 is 1.23 bits per heavy atom. The lowest BCUT2D eigenvalue weighted by atomic mass is 10.1. The number of carboxylic acids is 1. The van der Waals surface area contributed by atoms with Gasteiger partial charge >= 0.3 is 18.0 Å². The standard InChI is InChI=1S/C15H25NO6/c1-15(2,3)22-14(20)16-11(13(18)19)8-9-12(17)21-10-6-4-5-7-10/h10-11H,4-9H2,1-3H3,(H,16,20)(H,18,19)/t11-/m1/s1. The van der Waals surface area contributed by atoms with Crippen LogP contribution < -0.4 is 5.32 Å². The molecule has 7 nitrogen and oxygen atoms in total. The molecule has 0 spiro atoms. The Labute approximate surface area is 130 Å². The Hall–Kier alpha value is -1.79. The van der Waals surface area contributed by atoms with Crippen LogP contribution in [-0.4, -0.2) is 40.9 Å². The number of alkyl carbamates (subject to hydrolysis) is 1. The monoisotopic (exact) mass is 315 g/mol. The second-order valence-corrected chi connectivity index (χ2v) is 6.47. The maximum Gasteiger partial charge on any atom is 0.408 e. The minimum atomic E-state index is -1.21. The molecule has 0 aliphatic heterocycles. The highest BCUT2D eigenvalue weighted by atomic mass is 16.6. The van der Waals surface area contributed by atoms with E-state index in [0.717, 1.165) is 25.7 Å². The number of carboxylic acid groups (broad SMARTS) is 1. The van der Waals surface area contributed by atoms with Gasteiger partial charge in [-0.2, -0.15) is 0 Å². The van der Waals surface area contributed by atoms with Gasteiger partial charge in [-0.15, -0.1) is 0 Å². The fourth-order valence-corrected chi connectivity index (χ4v) is 2.22. The van der Waals surface area contributed by atoms with Crippen LogP contribution >= 0.6 is 0 Å². The molecule has 0 bridgehead atoms. The van der Waals surface area contributed by atoms with Crippen LogP contribution in [0.5, 0.6) is 0 Å². The molecule has 1 rings (SSSR count). The van der Waals surface area contributed by atoms with E-state index >= 15 is 0 Å². The summed E-state index contributed by atoms with van der Waals surface area (Å²) < 4.78 is 10.3. The number of rotatable bonds is 6. The molecule has 2 N–H and O–H groups in total. The lowest BCUT2D eigenvalue weighted by Gasteiger charge is -2.22. The van der Waals surface area contributed by atoms with Gasteiger partial charge in [0.25, 0.3) is 0 Å². The van der Waals surface area contributed by atoms with Crippen molar-refractivity contribution < 1.29 is 29.0 Å². The molecule has 7 heteroatoms. The summed E-state index contributed by atoms with van der Waals surface area (Å²) in [6, 6.07) is -1.18. The molecule has 1 fully saturated rings. The highest BCUT2D eigenvalue weighted by Crippen LogP contribution is 2.21. The highest BCUT2D eigenvalue weighted by molar-refractivity contribution is 5.80. The van der Waals surface area contributed by atoms with Crippen molar-refractivity contribution in [3.05, 3.63) is 0 Å². The van der Waals surface area contributed by atoms with Crippen LogP contribution in [0.1, 0.15) is 59.3 Å². The lowest BCUT2D eigenvalue weighted by Crippen LogP contribution is -2.43. The average molecular weight is 315 g/mol. The number of ether oxygens (including phenoxy) is 2. The van der Waals surface area contributed by atoms with E-state index in [-0.39, 0.29) is 18.9 Å². The number of hydrogen-bond donors (Lipinski definition) is 2. The van der Waals surface area contributed by atoms with Gasteiger partial charge in [-0.1, -0.05) is 0 Å². The summed E-state index contributed by atoms with van der Waals surface area (Å²) >= 11 is 0. The highest BCUT2D eigenvalue weighted by Gasteiger charge is 2.26. The first-order valence-electron chi connectivity index (χ1n) is 7.59. The van der Waals surface area contributed by atoms with Crippen molar-refractivity contribution in [2.75, 3.05) is 0 Å². The number of nitrogens with one attached hydrogen (secondary N) is 1. The first-order valence-corrected chi connectivity index (χ1v) is 7.59. The van der Waals surface area contributed by atoms with Crippen molar-refractivity contribution in [1.82, 2.24) is 5.32 Å². The Morgan fingerprint density at radius 3 is 2.32 bits per heavy atom. The molecule has 0 unspecified atom stereocenters. The number of carbonyl (C=O) groups excluding carboxylic acids is 2. The number of amides is 1. The van der Waals surface area contributed by atoms with Crippen molar-refractivity contribution in [3.63, 3.8) is 0 Å². The molecule has 0 aromatic heterocycles. The van der Waals surface area contributed by atoms with Crippen molar-refractivity contribution >= 4 is 18.0 Å². The largest absolute Gasteiger partial charge is 0.480 e. The molecular weight excluding hydrogens is 290 g/mol. The maximum absolute atomic E-state index is 11.7. The van der Waals surface area contributed by atoms with Crippen LogP contribution in [-0.2, 0) is 19.1 Å². The second kappa shape index (κ2) is 8.00. The van der Waals surface area contributed by atoms with Gasteiger partial charge in [0.2, 0.25) is 0 Å². The SMILES string of the molecule is CC(C)(C)OC(=O)N[C@H](CCC(=O)OC1CCCC1)C(=O)O. The molecule has 0 saturated heterocycles. The Kier molecular flexibility index (Phi) is 6.64. The van der Waals surface area contributed by atoms with E-state index in [1.54, 1.807) is 20.8 Å². The van der Waals surface area contributed by atoms with E-state index in [0.29, 0.717) is 0 Å². The summed E-state index contributed by atoms with van der Waals surface area (Å²) in [5.74, 6) is -1.64. The smallest absolute Gasteiger partial charge is 0.408 e. The molecule has 1 saturated carbocycles. The van der Waals surface area contributed by atoms with Crippen LogP contribution in [0, 0.1) is 0 Å². The number of carbonyl (C=O) groups is 3. The van der Waals surface area contributed by atoms with Crippen molar-refractivity contribution in [3.8, 4) is 0 Å². The number of esters is 1. The molecule has 1 aliphatic carbocycles. The third-order valence-corrected chi connectivity index (χ3v) is 3.23. The van der Waals surface area contributed by atoms with Crippen molar-refractivity contribution in [2.24, 2.45) is 0 Å². The summed E-state index contributed by atoms with van der Waals surface area (Å²) in [6.07, 6.45) is 2.89. The van der Waals surface area contributed by atoms with E-state index in [9.17, 15) is 14.4 Å². The van der Waals surface area contributed by atoms with Gasteiger partial charge in [0.15, 0.2) is 0 Å². The zero-order chi connectivity index (χ0) is 16.8. The fourth-order valence-electron chi connectivity index (χ4n) is 2.22. The lowest BCUT2D eigenvalue weighted by molar-refractivity contribution is -0.149. The molecule has 0 heterocycles. The summed E-state index contributed by atoms with van der Waals surface area (Å²) in [5.41, 5.74) is -0.714. The van der Waals surface area contributed by atoms with Crippen LogP contribution in [0.2, 0.25) is 0 Å². The molecular formula is C15H25NO6. The second-order valence-electron chi connectivity index (χ2n) is 6.47. The minimum Gasteiger partial charge on any atom is -0.480 e. The van der Waals surface area contributed by atoms with Gasteiger partial charge in [-0.05, 0) is 52.9 Å². The predicted molar refractivity (Wildman–Crippen MR) is 78.4 cm³/mol. The third kappa shape index (κ3) is 7.28. The Morgan fingerprint density at radius 2 is 1.82 bits per heavy atom. The van der Waals surface area contributed by atoms with Crippen LogP contribution in [0.4, 0.5) is 4.79 Å². The van der Waals surface area contributed by atoms with E-state index in [4.69, 9.17) is 14.6 Å². The van der Waals surface area contributed by atoms with Gasteiger partial charge in [0.1, 0.15) is 17.7 Å². The van der Waals surface area contributed by atoms with E-state index in [1.165, 1.54) is 0 Å². The fraction of sp³-hybridized carbons (Fsp3) is 0.800. The minimum absolute atomic E-state index is 0.0276. The number of aliphatic carboxylic acids is 1. The molecule has 0 aromatic rings. The van der Waals surface area contributed by atoms with Crippen molar-refractivity contribution in [1.29, 1.82) is 0 Å². The van der Waals surface area contributed by atoms with E-state index in [2.05, 4.69) is 5.32 Å². The number of hydrogen-bond acceptors (Lipinski definition) is 5. The summed E-state index contributed by atoms with van der Waals surface area (Å²) in [5, 5.41) is 11.3. The van der Waals surface area contributed by atoms with Crippen LogP contribution in [0.3, 0.4) is 0 Å². The Bertz CT molecular complexity index is 409. The molecule has 126 valence electrons. The topological polar surface area (TPSA) is 102 Å². The third-order valence-electron chi connectivity index (χ3n) is 3.23. The van der Waals surface area contributed by atoms with E-state index < -0.39 is 29.7 Å².